The third-order valence-electron chi connectivity index (χ3n) is 2.79. The molecule has 4 heteroatoms. The van der Waals surface area contributed by atoms with Crippen LogP contribution in [0.5, 0.6) is 0 Å². The molecule has 0 saturated carbocycles. The second-order valence-corrected chi connectivity index (χ2v) is 4.26. The molecule has 18 heavy (non-hydrogen) atoms. The van der Waals surface area contributed by atoms with Gasteiger partial charge >= 0.3 is 0 Å². The van der Waals surface area contributed by atoms with Gasteiger partial charge in [0.25, 0.3) is 5.91 Å². The van der Waals surface area contributed by atoms with Gasteiger partial charge in [0.1, 0.15) is 0 Å². The lowest BCUT2D eigenvalue weighted by Crippen LogP contribution is -2.37. The summed E-state index contributed by atoms with van der Waals surface area (Å²) >= 11 is 0. The molecule has 0 aromatic rings. The van der Waals surface area contributed by atoms with Crippen molar-refractivity contribution in [1.82, 2.24) is 4.90 Å². The van der Waals surface area contributed by atoms with Gasteiger partial charge in [0.15, 0.2) is 6.61 Å². The van der Waals surface area contributed by atoms with Gasteiger partial charge in [0.2, 0.25) is 0 Å². The van der Waals surface area contributed by atoms with Crippen molar-refractivity contribution in [3.05, 3.63) is 24.8 Å². The number of carbonyl (C=O) groups is 1. The summed E-state index contributed by atoms with van der Waals surface area (Å²) in [5.74, 6) is 0.0301. The predicted octanol–water partition coefficient (Wildman–Crippen LogP) is 2.52. The number of piperidine rings is 1. The predicted molar refractivity (Wildman–Crippen MR) is 73.4 cm³/mol. The molecular formula is C14H22N2O2. The number of likely N-dealkylation sites (tertiary alicyclic amines) is 1. The Kier molecular flexibility index (Phi) is 7.60. The van der Waals surface area contributed by atoms with Crippen molar-refractivity contribution in [2.45, 2.75) is 32.1 Å². The van der Waals surface area contributed by atoms with E-state index in [2.05, 4.69) is 11.7 Å². The zero-order chi connectivity index (χ0) is 13.1. The van der Waals surface area contributed by atoms with E-state index in [0.717, 1.165) is 38.8 Å². The van der Waals surface area contributed by atoms with Gasteiger partial charge in [-0.3, -0.25) is 4.79 Å². The SMILES string of the molecule is C=CCC/C=C/C=N\OCC(=O)N1CCCCC1. The second kappa shape index (κ2) is 9.45. The van der Waals surface area contributed by atoms with Crippen molar-refractivity contribution in [2.24, 2.45) is 5.16 Å². The minimum atomic E-state index is 0.0301. The topological polar surface area (TPSA) is 41.9 Å². The fourth-order valence-corrected chi connectivity index (χ4v) is 1.78. The van der Waals surface area contributed by atoms with Crippen LogP contribution in [-0.2, 0) is 9.63 Å². The molecule has 0 bridgehead atoms. The molecule has 0 atom stereocenters. The van der Waals surface area contributed by atoms with Gasteiger partial charge in [0, 0.05) is 13.1 Å². The fraction of sp³-hybridized carbons (Fsp3) is 0.571. The van der Waals surface area contributed by atoms with Gasteiger partial charge in [-0.05, 0) is 38.2 Å². The van der Waals surface area contributed by atoms with E-state index >= 15 is 0 Å². The Balaban J connectivity index is 2.08. The van der Waals surface area contributed by atoms with Crippen LogP contribution in [0.1, 0.15) is 32.1 Å². The average molecular weight is 250 g/mol. The van der Waals surface area contributed by atoms with Gasteiger partial charge in [0.05, 0.1) is 6.21 Å². The maximum Gasteiger partial charge on any atom is 0.263 e. The Bertz CT molecular complexity index is 305. The van der Waals surface area contributed by atoms with Crippen LogP contribution in [0.15, 0.2) is 30.0 Å². The Morgan fingerprint density at radius 2 is 2.06 bits per heavy atom. The quantitative estimate of drug-likeness (QED) is 0.301. The molecule has 1 fully saturated rings. The molecule has 0 unspecified atom stereocenters. The summed E-state index contributed by atoms with van der Waals surface area (Å²) in [4.78, 5) is 18.5. The van der Waals surface area contributed by atoms with E-state index in [9.17, 15) is 4.79 Å². The Morgan fingerprint density at radius 1 is 1.28 bits per heavy atom. The number of hydrogen-bond acceptors (Lipinski definition) is 3. The summed E-state index contributed by atoms with van der Waals surface area (Å²) in [7, 11) is 0. The number of nitrogens with zero attached hydrogens (tertiary/aromatic N) is 2. The third kappa shape index (κ3) is 6.23. The maximum absolute atomic E-state index is 11.7. The molecule has 0 spiro atoms. The maximum atomic E-state index is 11.7. The highest BCUT2D eigenvalue weighted by Gasteiger charge is 2.16. The van der Waals surface area contributed by atoms with Crippen LogP contribution in [0.2, 0.25) is 0 Å². The van der Waals surface area contributed by atoms with E-state index in [-0.39, 0.29) is 12.5 Å². The number of carbonyl (C=O) groups excluding carboxylic acids is 1. The molecule has 1 aliphatic rings. The van der Waals surface area contributed by atoms with E-state index < -0.39 is 0 Å². The minimum absolute atomic E-state index is 0.0301. The lowest BCUT2D eigenvalue weighted by atomic mass is 10.1. The van der Waals surface area contributed by atoms with Crippen molar-refractivity contribution in [2.75, 3.05) is 19.7 Å². The Morgan fingerprint density at radius 3 is 2.78 bits per heavy atom. The van der Waals surface area contributed by atoms with Crippen molar-refractivity contribution < 1.29 is 9.63 Å². The van der Waals surface area contributed by atoms with Gasteiger partial charge in [-0.1, -0.05) is 17.3 Å². The van der Waals surface area contributed by atoms with Crippen molar-refractivity contribution in [3.63, 3.8) is 0 Å². The van der Waals surface area contributed by atoms with E-state index in [0.29, 0.717) is 0 Å². The molecule has 1 rings (SSSR count). The molecule has 0 aromatic heterocycles. The van der Waals surface area contributed by atoms with Crippen LogP contribution in [0.4, 0.5) is 0 Å². The van der Waals surface area contributed by atoms with Crippen LogP contribution in [0, 0.1) is 0 Å². The minimum Gasteiger partial charge on any atom is -0.386 e. The first-order valence-electron chi connectivity index (χ1n) is 6.53. The highest BCUT2D eigenvalue weighted by Crippen LogP contribution is 2.08. The van der Waals surface area contributed by atoms with Crippen LogP contribution >= 0.6 is 0 Å². The summed E-state index contributed by atoms with van der Waals surface area (Å²) < 4.78 is 0. The molecule has 0 aliphatic carbocycles. The molecule has 4 nitrogen and oxygen atoms in total. The van der Waals surface area contributed by atoms with E-state index in [4.69, 9.17) is 4.84 Å². The van der Waals surface area contributed by atoms with E-state index in [1.807, 2.05) is 23.1 Å². The number of hydrogen-bond donors (Lipinski definition) is 0. The number of rotatable bonds is 7. The van der Waals surface area contributed by atoms with Gasteiger partial charge in [-0.25, -0.2) is 0 Å². The number of unbranched alkanes of at least 4 members (excludes halogenated alkanes) is 1. The van der Waals surface area contributed by atoms with Crippen LogP contribution in [0.25, 0.3) is 0 Å². The summed E-state index contributed by atoms with van der Waals surface area (Å²) in [6.07, 6.45) is 12.6. The lowest BCUT2D eigenvalue weighted by molar-refractivity contribution is -0.136. The summed E-state index contributed by atoms with van der Waals surface area (Å²) in [5, 5.41) is 3.72. The lowest BCUT2D eigenvalue weighted by Gasteiger charge is -2.25. The van der Waals surface area contributed by atoms with Gasteiger partial charge < -0.3 is 9.74 Å². The van der Waals surface area contributed by atoms with Crippen molar-refractivity contribution in [1.29, 1.82) is 0 Å². The molecule has 1 saturated heterocycles. The highest BCUT2D eigenvalue weighted by atomic mass is 16.6. The third-order valence-corrected chi connectivity index (χ3v) is 2.79. The zero-order valence-electron chi connectivity index (χ0n) is 10.9. The highest BCUT2D eigenvalue weighted by molar-refractivity contribution is 5.77. The number of amides is 1. The Hall–Kier alpha value is -1.58. The van der Waals surface area contributed by atoms with Crippen LogP contribution in [0.3, 0.4) is 0 Å². The van der Waals surface area contributed by atoms with E-state index in [1.165, 1.54) is 6.42 Å². The second-order valence-electron chi connectivity index (χ2n) is 4.26. The smallest absolute Gasteiger partial charge is 0.263 e. The van der Waals surface area contributed by atoms with Crippen LogP contribution in [-0.4, -0.2) is 36.7 Å². The molecule has 100 valence electrons. The largest absolute Gasteiger partial charge is 0.386 e. The molecule has 1 amide bonds. The monoisotopic (exact) mass is 250 g/mol. The normalized spacial score (nSPS) is 16.3. The summed E-state index contributed by atoms with van der Waals surface area (Å²) in [6, 6.07) is 0. The molecular weight excluding hydrogens is 228 g/mol. The fourth-order valence-electron chi connectivity index (χ4n) is 1.78. The first-order valence-corrected chi connectivity index (χ1v) is 6.53. The summed E-state index contributed by atoms with van der Waals surface area (Å²) in [6.45, 7) is 5.39. The van der Waals surface area contributed by atoms with Gasteiger partial charge in [-0.15, -0.1) is 6.58 Å². The molecule has 0 aromatic carbocycles. The van der Waals surface area contributed by atoms with Crippen LogP contribution < -0.4 is 0 Å². The van der Waals surface area contributed by atoms with E-state index in [1.54, 1.807) is 6.21 Å². The average Bonchev–Trinajstić information content (AvgIpc) is 2.42. The van der Waals surface area contributed by atoms with Crippen molar-refractivity contribution >= 4 is 12.1 Å². The van der Waals surface area contributed by atoms with Gasteiger partial charge in [-0.2, -0.15) is 0 Å². The first-order chi connectivity index (χ1) is 8.84. The number of allylic oxidation sites excluding steroid dienone is 3. The summed E-state index contributed by atoms with van der Waals surface area (Å²) in [5.41, 5.74) is 0. The number of oxime groups is 1. The molecule has 1 aliphatic heterocycles. The molecule has 0 radical (unpaired) electrons. The Labute approximate surface area is 109 Å². The molecule has 0 N–H and O–H groups in total. The van der Waals surface area contributed by atoms with Crippen molar-refractivity contribution in [3.8, 4) is 0 Å². The molecule has 1 heterocycles. The zero-order valence-corrected chi connectivity index (χ0v) is 10.9. The standard InChI is InChI=1S/C14H22N2O2/c1-2-3-4-5-7-10-15-18-13-14(17)16-11-8-6-9-12-16/h2,5,7,10H,1,3-4,6,8-9,11-13H2/b7-5+,15-10-. The first kappa shape index (κ1) is 14.5.